The van der Waals surface area contributed by atoms with Gasteiger partial charge in [-0.3, -0.25) is 4.79 Å². The standard InChI is InChI=1S/C13H15FN4O2/c1-20-9-4-2-3-8(10(9)14)5-6-18-7-17-11(12(18)15)13(16)19/h2-4,7H,5-6,15H2,1H3,(H2,16,19). The van der Waals surface area contributed by atoms with E-state index in [0.717, 1.165) is 0 Å². The lowest BCUT2D eigenvalue weighted by Crippen LogP contribution is -2.15. The summed E-state index contributed by atoms with van der Waals surface area (Å²) in [6, 6.07) is 4.93. The van der Waals surface area contributed by atoms with Crippen molar-refractivity contribution in [3.05, 3.63) is 41.6 Å². The van der Waals surface area contributed by atoms with Gasteiger partial charge in [-0.2, -0.15) is 0 Å². The van der Waals surface area contributed by atoms with Crippen molar-refractivity contribution in [3.8, 4) is 5.75 Å². The summed E-state index contributed by atoms with van der Waals surface area (Å²) in [6.07, 6.45) is 1.80. The average molecular weight is 278 g/mol. The van der Waals surface area contributed by atoms with Crippen LogP contribution in [0.1, 0.15) is 16.1 Å². The van der Waals surface area contributed by atoms with Crippen molar-refractivity contribution >= 4 is 11.7 Å². The summed E-state index contributed by atoms with van der Waals surface area (Å²) in [7, 11) is 1.41. The maximum absolute atomic E-state index is 14.0. The highest BCUT2D eigenvalue weighted by Crippen LogP contribution is 2.21. The zero-order chi connectivity index (χ0) is 14.7. The fourth-order valence-corrected chi connectivity index (χ4v) is 1.91. The van der Waals surface area contributed by atoms with E-state index in [1.165, 1.54) is 13.4 Å². The van der Waals surface area contributed by atoms with Gasteiger partial charge in [0.1, 0.15) is 5.82 Å². The van der Waals surface area contributed by atoms with E-state index in [-0.39, 0.29) is 17.3 Å². The number of carbonyl (C=O) groups is 1. The SMILES string of the molecule is COc1cccc(CCn2cnc(C(N)=O)c2N)c1F. The number of ether oxygens (including phenoxy) is 1. The van der Waals surface area contributed by atoms with Gasteiger partial charge in [0.05, 0.1) is 13.4 Å². The number of nitrogens with zero attached hydrogens (tertiary/aromatic N) is 2. The fourth-order valence-electron chi connectivity index (χ4n) is 1.91. The van der Waals surface area contributed by atoms with Crippen molar-refractivity contribution in [2.45, 2.75) is 13.0 Å². The number of halogens is 1. The second-order valence-electron chi connectivity index (χ2n) is 4.22. The number of methoxy groups -OCH3 is 1. The Hall–Kier alpha value is -2.57. The minimum absolute atomic E-state index is 0.0242. The van der Waals surface area contributed by atoms with Crippen LogP contribution in [0.2, 0.25) is 0 Å². The van der Waals surface area contributed by atoms with E-state index in [1.807, 2.05) is 0 Å². The first-order valence-electron chi connectivity index (χ1n) is 5.96. The number of primary amides is 1. The van der Waals surface area contributed by atoms with E-state index >= 15 is 0 Å². The lowest BCUT2D eigenvalue weighted by Gasteiger charge is -2.08. The fraction of sp³-hybridized carbons (Fsp3) is 0.231. The third kappa shape index (κ3) is 2.56. The normalized spacial score (nSPS) is 10.5. The lowest BCUT2D eigenvalue weighted by atomic mass is 10.1. The molecule has 0 fully saturated rings. The van der Waals surface area contributed by atoms with Gasteiger partial charge in [0.2, 0.25) is 0 Å². The number of aryl methyl sites for hydroxylation is 2. The molecule has 106 valence electrons. The smallest absolute Gasteiger partial charge is 0.271 e. The molecule has 1 aromatic carbocycles. The number of hydrogen-bond acceptors (Lipinski definition) is 4. The Morgan fingerprint density at radius 2 is 2.25 bits per heavy atom. The molecule has 0 saturated heterocycles. The van der Waals surface area contributed by atoms with Crippen molar-refractivity contribution in [2.24, 2.45) is 5.73 Å². The predicted molar refractivity (Wildman–Crippen MR) is 71.8 cm³/mol. The maximum atomic E-state index is 14.0. The Balaban J connectivity index is 2.15. The first-order chi connectivity index (χ1) is 9.54. The van der Waals surface area contributed by atoms with Crippen molar-refractivity contribution in [2.75, 3.05) is 12.8 Å². The molecule has 4 N–H and O–H groups in total. The summed E-state index contributed by atoms with van der Waals surface area (Å²) in [4.78, 5) is 14.9. The first-order valence-corrected chi connectivity index (χ1v) is 5.96. The zero-order valence-corrected chi connectivity index (χ0v) is 11.0. The molecule has 1 aromatic heterocycles. The first kappa shape index (κ1) is 13.9. The number of imidazole rings is 1. The van der Waals surface area contributed by atoms with Crippen LogP contribution in [0.15, 0.2) is 24.5 Å². The molecular weight excluding hydrogens is 263 g/mol. The molecule has 7 heteroatoms. The van der Waals surface area contributed by atoms with Crippen LogP contribution in [0.5, 0.6) is 5.75 Å². The second kappa shape index (κ2) is 5.60. The van der Waals surface area contributed by atoms with Crippen molar-refractivity contribution in [1.29, 1.82) is 0 Å². The molecule has 0 radical (unpaired) electrons. The largest absolute Gasteiger partial charge is 0.494 e. The minimum atomic E-state index is -0.686. The summed E-state index contributed by atoms with van der Waals surface area (Å²) in [5.41, 5.74) is 11.4. The molecule has 0 aliphatic carbocycles. The van der Waals surface area contributed by atoms with Crippen molar-refractivity contribution in [3.63, 3.8) is 0 Å². The van der Waals surface area contributed by atoms with Crippen molar-refractivity contribution < 1.29 is 13.9 Å². The van der Waals surface area contributed by atoms with Gasteiger partial charge in [-0.15, -0.1) is 0 Å². The van der Waals surface area contributed by atoms with E-state index < -0.39 is 11.7 Å². The molecule has 0 spiro atoms. The van der Waals surface area contributed by atoms with Gasteiger partial charge in [0.25, 0.3) is 5.91 Å². The highest BCUT2D eigenvalue weighted by Gasteiger charge is 2.13. The Morgan fingerprint density at radius 1 is 1.50 bits per heavy atom. The van der Waals surface area contributed by atoms with Gasteiger partial charge < -0.3 is 20.8 Å². The Kier molecular flexibility index (Phi) is 3.88. The number of carbonyl (C=O) groups excluding carboxylic acids is 1. The molecular formula is C13H15FN4O2. The molecule has 2 aromatic rings. The minimum Gasteiger partial charge on any atom is -0.494 e. The molecule has 2 rings (SSSR count). The van der Waals surface area contributed by atoms with E-state index in [9.17, 15) is 9.18 Å². The molecule has 0 unspecified atom stereocenters. The molecule has 20 heavy (non-hydrogen) atoms. The molecule has 0 aliphatic rings. The quantitative estimate of drug-likeness (QED) is 0.851. The maximum Gasteiger partial charge on any atom is 0.271 e. The Morgan fingerprint density at radius 3 is 2.85 bits per heavy atom. The van der Waals surface area contributed by atoms with Crippen LogP contribution in [-0.2, 0) is 13.0 Å². The number of rotatable bonds is 5. The van der Waals surface area contributed by atoms with Crippen LogP contribution < -0.4 is 16.2 Å². The number of nitrogen functional groups attached to an aromatic ring is 1. The lowest BCUT2D eigenvalue weighted by molar-refractivity contribution is 0.0997. The van der Waals surface area contributed by atoms with Crippen LogP contribution in [0.4, 0.5) is 10.2 Å². The van der Waals surface area contributed by atoms with Gasteiger partial charge >= 0.3 is 0 Å². The van der Waals surface area contributed by atoms with Gasteiger partial charge in [0, 0.05) is 6.54 Å². The van der Waals surface area contributed by atoms with E-state index in [2.05, 4.69) is 4.98 Å². The molecule has 0 saturated carbocycles. The van der Waals surface area contributed by atoms with Crippen LogP contribution in [0.3, 0.4) is 0 Å². The van der Waals surface area contributed by atoms with Gasteiger partial charge in [-0.05, 0) is 18.1 Å². The Labute approximate surface area is 115 Å². The van der Waals surface area contributed by atoms with Crippen molar-refractivity contribution in [1.82, 2.24) is 9.55 Å². The number of anilines is 1. The van der Waals surface area contributed by atoms with E-state index in [1.54, 1.807) is 22.8 Å². The average Bonchev–Trinajstić information content (AvgIpc) is 2.79. The highest BCUT2D eigenvalue weighted by atomic mass is 19.1. The van der Waals surface area contributed by atoms with E-state index in [4.69, 9.17) is 16.2 Å². The Bertz CT molecular complexity index is 639. The molecule has 1 heterocycles. The van der Waals surface area contributed by atoms with Gasteiger partial charge in [-0.1, -0.05) is 12.1 Å². The topological polar surface area (TPSA) is 96.2 Å². The summed E-state index contributed by atoms with van der Waals surface area (Å²) < 4.78 is 20.4. The van der Waals surface area contributed by atoms with Crippen LogP contribution >= 0.6 is 0 Å². The number of hydrogen-bond donors (Lipinski definition) is 2. The van der Waals surface area contributed by atoms with Crippen LogP contribution in [0, 0.1) is 5.82 Å². The number of aromatic nitrogens is 2. The third-order valence-electron chi connectivity index (χ3n) is 3.00. The molecule has 0 aliphatic heterocycles. The molecule has 1 amide bonds. The number of nitrogens with two attached hydrogens (primary N) is 2. The monoisotopic (exact) mass is 278 g/mol. The molecule has 0 bridgehead atoms. The highest BCUT2D eigenvalue weighted by molar-refractivity contribution is 5.95. The van der Waals surface area contributed by atoms with Gasteiger partial charge in [-0.25, -0.2) is 9.37 Å². The summed E-state index contributed by atoms with van der Waals surface area (Å²) in [5.74, 6) is -0.711. The zero-order valence-electron chi connectivity index (χ0n) is 11.0. The number of benzene rings is 1. The van der Waals surface area contributed by atoms with Crippen LogP contribution in [0.25, 0.3) is 0 Å². The predicted octanol–water partition coefficient (Wildman–Crippen LogP) is 0.955. The number of amides is 1. The van der Waals surface area contributed by atoms with E-state index in [0.29, 0.717) is 18.5 Å². The summed E-state index contributed by atoms with van der Waals surface area (Å²) in [5, 5.41) is 0. The molecule has 6 nitrogen and oxygen atoms in total. The third-order valence-corrected chi connectivity index (χ3v) is 3.00. The molecule has 0 atom stereocenters. The summed E-state index contributed by atoms with van der Waals surface area (Å²) >= 11 is 0. The second-order valence-corrected chi connectivity index (χ2v) is 4.22. The van der Waals surface area contributed by atoms with Gasteiger partial charge in [0.15, 0.2) is 17.3 Å². The van der Waals surface area contributed by atoms with Crippen LogP contribution in [-0.4, -0.2) is 22.6 Å². The summed E-state index contributed by atoms with van der Waals surface area (Å²) in [6.45, 7) is 0.385.